The van der Waals surface area contributed by atoms with Gasteiger partial charge in [0.25, 0.3) is 0 Å². The highest BCUT2D eigenvalue weighted by molar-refractivity contribution is 5.30. The van der Waals surface area contributed by atoms with Gasteiger partial charge in [0.15, 0.2) is 0 Å². The minimum absolute atomic E-state index is 0.201. The van der Waals surface area contributed by atoms with E-state index in [1.54, 1.807) is 12.3 Å². The summed E-state index contributed by atoms with van der Waals surface area (Å²) in [4.78, 5) is 4.02. The zero-order valence-corrected chi connectivity index (χ0v) is 11.4. The molecule has 0 amide bonds. The van der Waals surface area contributed by atoms with Crippen molar-refractivity contribution in [1.82, 2.24) is 10.3 Å². The number of pyridine rings is 1. The second kappa shape index (κ2) is 6.78. The molecule has 20 heavy (non-hydrogen) atoms. The largest absolute Gasteiger partial charge is 0.312 e. The Morgan fingerprint density at radius 2 is 2.15 bits per heavy atom. The number of benzene rings is 1. The van der Waals surface area contributed by atoms with E-state index in [1.807, 2.05) is 25.1 Å². The lowest BCUT2D eigenvalue weighted by atomic mass is 10.1. The molecule has 0 saturated carbocycles. The second-order valence-electron chi connectivity index (χ2n) is 4.62. The maximum atomic E-state index is 13.0. The third-order valence-electron chi connectivity index (χ3n) is 3.19. The number of halogens is 1. The number of nitrogens with zero attached hydrogens (tertiary/aromatic N) is 2. The van der Waals surface area contributed by atoms with Crippen molar-refractivity contribution in [3.05, 3.63) is 64.7 Å². The highest BCUT2D eigenvalue weighted by Gasteiger charge is 2.03. The van der Waals surface area contributed by atoms with Crippen LogP contribution in [0.2, 0.25) is 0 Å². The Hall–Kier alpha value is -2.25. The molecule has 102 valence electrons. The van der Waals surface area contributed by atoms with Gasteiger partial charge < -0.3 is 5.32 Å². The SMILES string of the molecule is Cc1cc(F)ccc1CCNCc1cccnc1C#N. The van der Waals surface area contributed by atoms with E-state index in [0.29, 0.717) is 12.2 Å². The molecular formula is C16H16FN3. The van der Waals surface area contributed by atoms with Crippen molar-refractivity contribution in [2.24, 2.45) is 0 Å². The molecule has 1 aromatic heterocycles. The van der Waals surface area contributed by atoms with E-state index >= 15 is 0 Å². The number of aromatic nitrogens is 1. The van der Waals surface area contributed by atoms with Gasteiger partial charge in [0.05, 0.1) is 0 Å². The molecule has 0 bridgehead atoms. The van der Waals surface area contributed by atoms with Crippen LogP contribution in [0.15, 0.2) is 36.5 Å². The van der Waals surface area contributed by atoms with Gasteiger partial charge in [-0.1, -0.05) is 12.1 Å². The molecule has 0 unspecified atom stereocenters. The quantitative estimate of drug-likeness (QED) is 0.849. The molecule has 0 saturated heterocycles. The molecule has 2 aromatic rings. The fourth-order valence-corrected chi connectivity index (χ4v) is 2.07. The maximum Gasteiger partial charge on any atom is 0.144 e. The van der Waals surface area contributed by atoms with Crippen LogP contribution in [-0.4, -0.2) is 11.5 Å². The summed E-state index contributed by atoms with van der Waals surface area (Å²) in [5.41, 5.74) is 3.44. The number of hydrogen-bond donors (Lipinski definition) is 1. The standard InChI is InChI=1S/C16H16FN3/c1-12-9-15(17)5-4-13(12)6-8-19-11-14-3-2-7-20-16(14)10-18/h2-5,7,9,19H,6,8,11H2,1H3. The summed E-state index contributed by atoms with van der Waals surface area (Å²) in [6.07, 6.45) is 2.44. The number of nitriles is 1. The van der Waals surface area contributed by atoms with Gasteiger partial charge in [0, 0.05) is 18.3 Å². The van der Waals surface area contributed by atoms with Crippen molar-refractivity contribution in [2.45, 2.75) is 19.9 Å². The molecule has 0 spiro atoms. The lowest BCUT2D eigenvalue weighted by Gasteiger charge is -2.08. The van der Waals surface area contributed by atoms with Gasteiger partial charge in [-0.3, -0.25) is 0 Å². The van der Waals surface area contributed by atoms with Crippen LogP contribution in [0.5, 0.6) is 0 Å². The highest BCUT2D eigenvalue weighted by atomic mass is 19.1. The summed E-state index contributed by atoms with van der Waals surface area (Å²) in [6, 6.07) is 10.6. The van der Waals surface area contributed by atoms with E-state index in [4.69, 9.17) is 5.26 Å². The summed E-state index contributed by atoms with van der Waals surface area (Å²) in [6.45, 7) is 3.29. The number of rotatable bonds is 5. The van der Waals surface area contributed by atoms with Crippen LogP contribution in [0.4, 0.5) is 4.39 Å². The van der Waals surface area contributed by atoms with Gasteiger partial charge in [0.2, 0.25) is 0 Å². The number of hydrogen-bond acceptors (Lipinski definition) is 3. The fraction of sp³-hybridized carbons (Fsp3) is 0.250. The van der Waals surface area contributed by atoms with E-state index in [-0.39, 0.29) is 5.82 Å². The zero-order chi connectivity index (χ0) is 14.4. The highest BCUT2D eigenvalue weighted by Crippen LogP contribution is 2.10. The monoisotopic (exact) mass is 269 g/mol. The molecule has 1 heterocycles. The van der Waals surface area contributed by atoms with Gasteiger partial charge in [-0.2, -0.15) is 5.26 Å². The van der Waals surface area contributed by atoms with Gasteiger partial charge in [0.1, 0.15) is 17.6 Å². The van der Waals surface area contributed by atoms with Crippen molar-refractivity contribution in [2.75, 3.05) is 6.54 Å². The Bertz CT molecular complexity index is 632. The van der Waals surface area contributed by atoms with Gasteiger partial charge in [-0.25, -0.2) is 9.37 Å². The third kappa shape index (κ3) is 3.62. The molecule has 2 rings (SSSR count). The van der Waals surface area contributed by atoms with Crippen LogP contribution >= 0.6 is 0 Å². The molecule has 4 heteroatoms. The molecule has 0 atom stereocenters. The van der Waals surface area contributed by atoms with Crippen molar-refractivity contribution in [3.8, 4) is 6.07 Å². The zero-order valence-electron chi connectivity index (χ0n) is 11.4. The Balaban J connectivity index is 1.86. The van der Waals surface area contributed by atoms with Crippen molar-refractivity contribution in [1.29, 1.82) is 5.26 Å². The topological polar surface area (TPSA) is 48.7 Å². The summed E-state index contributed by atoms with van der Waals surface area (Å²) >= 11 is 0. The normalized spacial score (nSPS) is 10.2. The molecule has 0 aliphatic rings. The molecule has 0 aliphatic carbocycles. The first kappa shape index (κ1) is 14.2. The average molecular weight is 269 g/mol. The smallest absolute Gasteiger partial charge is 0.144 e. The molecule has 0 fully saturated rings. The summed E-state index contributed by atoms with van der Waals surface area (Å²) < 4.78 is 13.0. The van der Waals surface area contributed by atoms with Crippen molar-refractivity contribution < 1.29 is 4.39 Å². The number of nitrogens with one attached hydrogen (secondary N) is 1. The van der Waals surface area contributed by atoms with E-state index in [1.165, 1.54) is 6.07 Å². The first-order valence-corrected chi connectivity index (χ1v) is 6.50. The van der Waals surface area contributed by atoms with Crippen molar-refractivity contribution in [3.63, 3.8) is 0 Å². The first-order valence-electron chi connectivity index (χ1n) is 6.50. The molecule has 1 aromatic carbocycles. The molecular weight excluding hydrogens is 253 g/mol. The van der Waals surface area contributed by atoms with E-state index < -0.39 is 0 Å². The van der Waals surface area contributed by atoms with Crippen LogP contribution in [0.1, 0.15) is 22.4 Å². The summed E-state index contributed by atoms with van der Waals surface area (Å²) in [5.74, 6) is -0.201. The van der Waals surface area contributed by atoms with Crippen molar-refractivity contribution >= 4 is 0 Å². The first-order chi connectivity index (χ1) is 9.70. The second-order valence-corrected chi connectivity index (χ2v) is 4.62. The van der Waals surface area contributed by atoms with Crippen LogP contribution in [-0.2, 0) is 13.0 Å². The lowest BCUT2D eigenvalue weighted by molar-refractivity contribution is 0.624. The lowest BCUT2D eigenvalue weighted by Crippen LogP contribution is -2.18. The average Bonchev–Trinajstić information content (AvgIpc) is 2.46. The Labute approximate surface area is 118 Å². The minimum atomic E-state index is -0.201. The van der Waals surface area contributed by atoms with Gasteiger partial charge >= 0.3 is 0 Å². The van der Waals surface area contributed by atoms with E-state index in [2.05, 4.69) is 16.4 Å². The molecule has 0 aliphatic heterocycles. The summed E-state index contributed by atoms with van der Waals surface area (Å²) in [7, 11) is 0. The van der Waals surface area contributed by atoms with Crippen LogP contribution in [0.25, 0.3) is 0 Å². The van der Waals surface area contributed by atoms with E-state index in [0.717, 1.165) is 29.7 Å². The van der Waals surface area contributed by atoms with Gasteiger partial charge in [-0.15, -0.1) is 0 Å². The Morgan fingerprint density at radius 3 is 2.90 bits per heavy atom. The van der Waals surface area contributed by atoms with Crippen LogP contribution in [0, 0.1) is 24.1 Å². The third-order valence-corrected chi connectivity index (χ3v) is 3.19. The molecule has 3 nitrogen and oxygen atoms in total. The number of aryl methyl sites for hydroxylation is 1. The predicted octanol–water partition coefficient (Wildman–Crippen LogP) is 2.73. The molecule has 0 radical (unpaired) electrons. The fourth-order valence-electron chi connectivity index (χ4n) is 2.07. The Kier molecular flexibility index (Phi) is 4.80. The van der Waals surface area contributed by atoms with Gasteiger partial charge in [-0.05, 0) is 49.2 Å². The van der Waals surface area contributed by atoms with Crippen LogP contribution in [0.3, 0.4) is 0 Å². The van der Waals surface area contributed by atoms with Crippen LogP contribution < -0.4 is 5.32 Å². The Morgan fingerprint density at radius 1 is 1.30 bits per heavy atom. The molecule has 1 N–H and O–H groups in total. The van der Waals surface area contributed by atoms with E-state index in [9.17, 15) is 4.39 Å². The predicted molar refractivity (Wildman–Crippen MR) is 75.5 cm³/mol. The minimum Gasteiger partial charge on any atom is -0.312 e. The summed E-state index contributed by atoms with van der Waals surface area (Å²) in [5, 5.41) is 12.2. The maximum absolute atomic E-state index is 13.0.